The van der Waals surface area contributed by atoms with Crippen molar-refractivity contribution < 1.29 is 9.84 Å². The van der Waals surface area contributed by atoms with Gasteiger partial charge in [0.15, 0.2) is 0 Å². The van der Waals surface area contributed by atoms with E-state index in [0.717, 1.165) is 5.82 Å². The molecule has 1 heterocycles. The summed E-state index contributed by atoms with van der Waals surface area (Å²) in [5, 5.41) is 12.3. The fourth-order valence-electron chi connectivity index (χ4n) is 1.79. The number of aliphatic hydroxyl groups excluding tert-OH is 1. The lowest BCUT2D eigenvalue weighted by molar-refractivity contribution is 0.143. The molecule has 0 saturated heterocycles. The van der Waals surface area contributed by atoms with Crippen LogP contribution in [-0.4, -0.2) is 41.0 Å². The van der Waals surface area contributed by atoms with Crippen LogP contribution >= 0.6 is 0 Å². The Balaban J connectivity index is 2.54. The topological polar surface area (TPSA) is 59.3 Å². The maximum absolute atomic E-state index is 8.94. The summed E-state index contributed by atoms with van der Waals surface area (Å²) in [5.41, 5.74) is 0. The molecule has 1 aromatic rings. The second-order valence-corrected chi connectivity index (χ2v) is 3.95. The minimum Gasteiger partial charge on any atom is -0.396 e. The van der Waals surface area contributed by atoms with E-state index in [1.54, 1.807) is 13.3 Å². The van der Waals surface area contributed by atoms with E-state index in [-0.39, 0.29) is 18.7 Å². The monoisotopic (exact) mass is 227 g/mol. The highest BCUT2D eigenvalue weighted by Gasteiger charge is 2.15. The Morgan fingerprint density at radius 3 is 2.88 bits per heavy atom. The van der Waals surface area contributed by atoms with Crippen LogP contribution in [-0.2, 0) is 11.8 Å². The molecule has 0 aliphatic heterocycles. The van der Waals surface area contributed by atoms with Gasteiger partial charge in [0.25, 0.3) is 0 Å². The molecule has 2 N–H and O–H groups in total. The van der Waals surface area contributed by atoms with Crippen molar-refractivity contribution in [1.29, 1.82) is 0 Å². The van der Waals surface area contributed by atoms with Crippen LogP contribution in [0.15, 0.2) is 12.4 Å². The fourth-order valence-corrected chi connectivity index (χ4v) is 1.79. The maximum atomic E-state index is 8.94. The largest absolute Gasteiger partial charge is 0.396 e. The van der Waals surface area contributed by atoms with Crippen molar-refractivity contribution in [2.75, 3.05) is 20.3 Å². The first kappa shape index (κ1) is 13.2. The minimum absolute atomic E-state index is 0.145. The third kappa shape index (κ3) is 3.59. The molecule has 1 rings (SSSR count). The summed E-state index contributed by atoms with van der Waals surface area (Å²) in [6, 6.07) is 0.299. The lowest BCUT2D eigenvalue weighted by atomic mass is 10.2. The SMILES string of the molecule is COCC(CCO)NC(C)c1nccn1C. The van der Waals surface area contributed by atoms with Gasteiger partial charge < -0.3 is 19.7 Å². The van der Waals surface area contributed by atoms with Crippen LogP contribution in [0.4, 0.5) is 0 Å². The Kier molecular flexibility index (Phi) is 5.45. The molecule has 0 aliphatic rings. The maximum Gasteiger partial charge on any atom is 0.125 e. The molecule has 0 bridgehead atoms. The van der Waals surface area contributed by atoms with Crippen LogP contribution in [0, 0.1) is 0 Å². The Labute approximate surface area is 96.4 Å². The minimum atomic E-state index is 0.145. The number of hydrogen-bond donors (Lipinski definition) is 2. The normalized spacial score (nSPS) is 15.0. The van der Waals surface area contributed by atoms with Crippen molar-refractivity contribution in [3.05, 3.63) is 18.2 Å². The Bertz CT molecular complexity index is 295. The van der Waals surface area contributed by atoms with Crippen molar-refractivity contribution in [2.24, 2.45) is 7.05 Å². The molecule has 0 amide bonds. The molecule has 5 nitrogen and oxygen atoms in total. The molecular weight excluding hydrogens is 206 g/mol. The van der Waals surface area contributed by atoms with Gasteiger partial charge in [-0.3, -0.25) is 0 Å². The summed E-state index contributed by atoms with van der Waals surface area (Å²) in [5.74, 6) is 0.985. The third-order valence-electron chi connectivity index (χ3n) is 2.58. The van der Waals surface area contributed by atoms with Crippen molar-refractivity contribution in [3.8, 4) is 0 Å². The predicted octanol–water partition coefficient (Wildman–Crippen LogP) is 0.468. The Morgan fingerprint density at radius 2 is 2.38 bits per heavy atom. The molecule has 0 aliphatic carbocycles. The molecule has 5 heteroatoms. The smallest absolute Gasteiger partial charge is 0.125 e. The predicted molar refractivity (Wildman–Crippen MR) is 62.1 cm³/mol. The first-order valence-corrected chi connectivity index (χ1v) is 5.52. The zero-order valence-electron chi connectivity index (χ0n) is 10.2. The highest BCUT2D eigenvalue weighted by Crippen LogP contribution is 2.10. The van der Waals surface area contributed by atoms with Crippen LogP contribution in [0.2, 0.25) is 0 Å². The second-order valence-electron chi connectivity index (χ2n) is 3.95. The quantitative estimate of drug-likeness (QED) is 0.711. The molecule has 0 saturated carbocycles. The van der Waals surface area contributed by atoms with Crippen LogP contribution in [0.3, 0.4) is 0 Å². The average Bonchev–Trinajstić information content (AvgIpc) is 2.65. The summed E-state index contributed by atoms with van der Waals surface area (Å²) in [6.45, 7) is 2.81. The number of nitrogens with one attached hydrogen (secondary N) is 1. The first-order valence-electron chi connectivity index (χ1n) is 5.52. The molecule has 92 valence electrons. The van der Waals surface area contributed by atoms with Crippen molar-refractivity contribution in [2.45, 2.75) is 25.4 Å². The molecule has 2 atom stereocenters. The number of aryl methyl sites for hydroxylation is 1. The van der Waals surface area contributed by atoms with Crippen molar-refractivity contribution in [1.82, 2.24) is 14.9 Å². The fraction of sp³-hybridized carbons (Fsp3) is 0.727. The van der Waals surface area contributed by atoms with Gasteiger partial charge in [0, 0.05) is 39.2 Å². The number of nitrogens with zero attached hydrogens (tertiary/aromatic N) is 2. The van der Waals surface area contributed by atoms with Gasteiger partial charge in [-0.15, -0.1) is 0 Å². The van der Waals surface area contributed by atoms with Gasteiger partial charge in [0.2, 0.25) is 0 Å². The molecule has 0 aromatic carbocycles. The van der Waals surface area contributed by atoms with Gasteiger partial charge in [-0.05, 0) is 13.3 Å². The standard InChI is InChI=1S/C11H21N3O2/c1-9(11-12-5-6-14(11)2)13-10(4-7-15)8-16-3/h5-6,9-10,13,15H,4,7-8H2,1-3H3. The molecule has 2 unspecified atom stereocenters. The van der Waals surface area contributed by atoms with E-state index in [1.807, 2.05) is 17.8 Å². The van der Waals surface area contributed by atoms with Crippen LogP contribution < -0.4 is 5.32 Å². The van der Waals surface area contributed by atoms with E-state index in [0.29, 0.717) is 13.0 Å². The lowest BCUT2D eigenvalue weighted by Crippen LogP contribution is -2.36. The number of hydrogen-bond acceptors (Lipinski definition) is 4. The first-order chi connectivity index (χ1) is 7.69. The molecule has 1 aromatic heterocycles. The van der Waals surface area contributed by atoms with Gasteiger partial charge in [-0.1, -0.05) is 0 Å². The van der Waals surface area contributed by atoms with Gasteiger partial charge in [0.05, 0.1) is 12.6 Å². The van der Waals surface area contributed by atoms with Crippen LogP contribution in [0.5, 0.6) is 0 Å². The highest BCUT2D eigenvalue weighted by molar-refractivity contribution is 4.97. The summed E-state index contributed by atoms with van der Waals surface area (Å²) in [7, 11) is 3.63. The van der Waals surface area contributed by atoms with E-state index in [1.165, 1.54) is 0 Å². The zero-order valence-corrected chi connectivity index (χ0v) is 10.2. The van der Waals surface area contributed by atoms with E-state index >= 15 is 0 Å². The molecule has 0 spiro atoms. The summed E-state index contributed by atoms with van der Waals surface area (Å²) >= 11 is 0. The van der Waals surface area contributed by atoms with Crippen molar-refractivity contribution in [3.63, 3.8) is 0 Å². The molecule has 0 radical (unpaired) electrons. The van der Waals surface area contributed by atoms with Gasteiger partial charge in [0.1, 0.15) is 5.82 Å². The van der Waals surface area contributed by atoms with E-state index in [2.05, 4.69) is 17.2 Å². The number of methoxy groups -OCH3 is 1. The summed E-state index contributed by atoms with van der Waals surface area (Å²) in [6.07, 6.45) is 4.39. The number of ether oxygens (including phenoxy) is 1. The van der Waals surface area contributed by atoms with E-state index in [9.17, 15) is 0 Å². The second kappa shape index (κ2) is 6.62. The Morgan fingerprint density at radius 1 is 1.62 bits per heavy atom. The number of aromatic nitrogens is 2. The van der Waals surface area contributed by atoms with Crippen molar-refractivity contribution >= 4 is 0 Å². The molecule has 0 fully saturated rings. The average molecular weight is 227 g/mol. The van der Waals surface area contributed by atoms with Crippen LogP contribution in [0.25, 0.3) is 0 Å². The molecule has 16 heavy (non-hydrogen) atoms. The number of aliphatic hydroxyl groups is 1. The summed E-state index contributed by atoms with van der Waals surface area (Å²) < 4.78 is 7.09. The highest BCUT2D eigenvalue weighted by atomic mass is 16.5. The van der Waals surface area contributed by atoms with E-state index < -0.39 is 0 Å². The van der Waals surface area contributed by atoms with Gasteiger partial charge in [-0.25, -0.2) is 4.98 Å². The lowest BCUT2D eigenvalue weighted by Gasteiger charge is -2.21. The zero-order chi connectivity index (χ0) is 12.0. The van der Waals surface area contributed by atoms with Gasteiger partial charge in [-0.2, -0.15) is 0 Å². The van der Waals surface area contributed by atoms with Gasteiger partial charge >= 0.3 is 0 Å². The molecular formula is C11H21N3O2. The van der Waals surface area contributed by atoms with E-state index in [4.69, 9.17) is 9.84 Å². The van der Waals surface area contributed by atoms with Crippen LogP contribution in [0.1, 0.15) is 25.2 Å². The summed E-state index contributed by atoms with van der Waals surface area (Å²) in [4.78, 5) is 4.29. The number of rotatable bonds is 7. The number of imidazole rings is 1. The Hall–Kier alpha value is -0.910. The third-order valence-corrected chi connectivity index (χ3v) is 2.58.